The maximum atomic E-state index is 12.0. The zero-order valence-corrected chi connectivity index (χ0v) is 9.87. The second-order valence-electron chi connectivity index (χ2n) is 5.23. The molecule has 17 heavy (non-hydrogen) atoms. The number of Topliss-reactive ketones (excluding diaryl/α,β-unsaturated/α-hetero) is 1. The van der Waals surface area contributed by atoms with Crippen LogP contribution in [0.3, 0.4) is 0 Å². The van der Waals surface area contributed by atoms with Crippen molar-refractivity contribution in [1.29, 1.82) is 0 Å². The quantitative estimate of drug-likeness (QED) is 0.597. The van der Waals surface area contributed by atoms with Crippen molar-refractivity contribution in [2.75, 3.05) is 0 Å². The van der Waals surface area contributed by atoms with E-state index in [0.717, 1.165) is 36.0 Å². The number of ketones is 2. The van der Waals surface area contributed by atoms with Crippen molar-refractivity contribution in [2.24, 2.45) is 11.8 Å². The molecule has 88 valence electrons. The molecule has 0 aromatic heterocycles. The van der Waals surface area contributed by atoms with Crippen LogP contribution in [-0.2, 0) is 9.59 Å². The Labute approximate surface area is 101 Å². The minimum absolute atomic E-state index is 0.0491. The SMILES string of the molecule is C=C1CCCC2C=CC(=O)C3=C(C(=O)CC3)C12. The summed E-state index contributed by atoms with van der Waals surface area (Å²) in [6.45, 7) is 4.13. The van der Waals surface area contributed by atoms with Gasteiger partial charge >= 0.3 is 0 Å². The summed E-state index contributed by atoms with van der Waals surface area (Å²) in [5, 5.41) is 0. The van der Waals surface area contributed by atoms with E-state index in [0.29, 0.717) is 18.8 Å². The van der Waals surface area contributed by atoms with Crippen LogP contribution in [-0.4, -0.2) is 11.6 Å². The molecule has 0 aliphatic heterocycles. The van der Waals surface area contributed by atoms with E-state index in [1.807, 2.05) is 6.08 Å². The van der Waals surface area contributed by atoms with Gasteiger partial charge in [0.1, 0.15) is 0 Å². The third-order valence-electron chi connectivity index (χ3n) is 4.23. The lowest BCUT2D eigenvalue weighted by Crippen LogP contribution is -2.24. The Morgan fingerprint density at radius 2 is 2.00 bits per heavy atom. The molecule has 2 unspecified atom stereocenters. The smallest absolute Gasteiger partial charge is 0.181 e. The van der Waals surface area contributed by atoms with Crippen LogP contribution >= 0.6 is 0 Å². The normalized spacial score (nSPS) is 32.6. The zero-order valence-electron chi connectivity index (χ0n) is 9.87. The zero-order chi connectivity index (χ0) is 12.0. The van der Waals surface area contributed by atoms with Gasteiger partial charge in [-0.3, -0.25) is 9.59 Å². The lowest BCUT2D eigenvalue weighted by atomic mass is 9.72. The van der Waals surface area contributed by atoms with Gasteiger partial charge in [0.25, 0.3) is 0 Å². The van der Waals surface area contributed by atoms with Gasteiger partial charge in [-0.15, -0.1) is 0 Å². The standard InChI is InChI=1S/C15H16O2/c1-9-3-2-4-10-5-7-12(16)11-6-8-13(17)15(11)14(9)10/h5,7,10,14H,1-4,6,8H2. The maximum Gasteiger partial charge on any atom is 0.181 e. The Hall–Kier alpha value is -1.44. The highest BCUT2D eigenvalue weighted by molar-refractivity contribution is 6.14. The monoisotopic (exact) mass is 228 g/mol. The van der Waals surface area contributed by atoms with Crippen LogP contribution in [0, 0.1) is 11.8 Å². The molecule has 1 saturated carbocycles. The Morgan fingerprint density at radius 3 is 2.82 bits per heavy atom. The average molecular weight is 228 g/mol. The molecule has 0 aromatic carbocycles. The Bertz CT molecular complexity index is 479. The van der Waals surface area contributed by atoms with Crippen LogP contribution in [0.1, 0.15) is 32.1 Å². The van der Waals surface area contributed by atoms with E-state index in [-0.39, 0.29) is 17.5 Å². The first-order valence-corrected chi connectivity index (χ1v) is 6.35. The average Bonchev–Trinajstić information content (AvgIpc) is 2.61. The van der Waals surface area contributed by atoms with E-state index in [1.54, 1.807) is 6.08 Å². The van der Waals surface area contributed by atoms with Gasteiger partial charge in [0, 0.05) is 23.5 Å². The third-order valence-corrected chi connectivity index (χ3v) is 4.23. The van der Waals surface area contributed by atoms with Crippen molar-refractivity contribution in [3.8, 4) is 0 Å². The molecule has 0 aromatic rings. The molecule has 3 rings (SSSR count). The fourth-order valence-electron chi connectivity index (χ4n) is 3.42. The molecule has 0 saturated heterocycles. The van der Waals surface area contributed by atoms with Gasteiger partial charge in [-0.05, 0) is 37.7 Å². The largest absolute Gasteiger partial charge is 0.295 e. The molecule has 2 nitrogen and oxygen atoms in total. The molecule has 3 aliphatic rings. The van der Waals surface area contributed by atoms with Gasteiger partial charge in [0.05, 0.1) is 0 Å². The number of hydrogen-bond acceptors (Lipinski definition) is 2. The number of hydrogen-bond donors (Lipinski definition) is 0. The van der Waals surface area contributed by atoms with Crippen molar-refractivity contribution >= 4 is 11.6 Å². The van der Waals surface area contributed by atoms with Crippen LogP contribution in [0.5, 0.6) is 0 Å². The topological polar surface area (TPSA) is 34.1 Å². The van der Waals surface area contributed by atoms with Gasteiger partial charge in [-0.25, -0.2) is 0 Å². The number of carbonyl (C=O) groups is 2. The minimum Gasteiger partial charge on any atom is -0.295 e. The Kier molecular flexibility index (Phi) is 2.39. The first-order valence-electron chi connectivity index (χ1n) is 6.35. The Balaban J connectivity index is 2.14. The molecule has 2 heteroatoms. The molecular formula is C15H16O2. The van der Waals surface area contributed by atoms with Crippen molar-refractivity contribution < 1.29 is 9.59 Å². The van der Waals surface area contributed by atoms with Gasteiger partial charge in [0.15, 0.2) is 11.6 Å². The summed E-state index contributed by atoms with van der Waals surface area (Å²) in [5.74, 6) is 0.661. The van der Waals surface area contributed by atoms with Crippen LogP contribution in [0.25, 0.3) is 0 Å². The number of carbonyl (C=O) groups excluding carboxylic acids is 2. The summed E-state index contributed by atoms with van der Waals surface area (Å²) in [6.07, 6.45) is 8.01. The molecule has 0 spiro atoms. The van der Waals surface area contributed by atoms with Crippen LogP contribution in [0.4, 0.5) is 0 Å². The van der Waals surface area contributed by atoms with Crippen LogP contribution in [0.15, 0.2) is 35.5 Å². The maximum absolute atomic E-state index is 12.0. The summed E-state index contributed by atoms with van der Waals surface area (Å²) >= 11 is 0. The van der Waals surface area contributed by atoms with E-state index in [4.69, 9.17) is 0 Å². The second-order valence-corrected chi connectivity index (χ2v) is 5.23. The van der Waals surface area contributed by atoms with Crippen molar-refractivity contribution in [2.45, 2.75) is 32.1 Å². The number of rotatable bonds is 0. The lowest BCUT2D eigenvalue weighted by Gasteiger charge is -2.31. The molecule has 3 aliphatic carbocycles. The fourth-order valence-corrected chi connectivity index (χ4v) is 3.42. The molecule has 1 fully saturated rings. The highest BCUT2D eigenvalue weighted by Gasteiger charge is 2.39. The summed E-state index contributed by atoms with van der Waals surface area (Å²) in [5.41, 5.74) is 2.71. The summed E-state index contributed by atoms with van der Waals surface area (Å²) in [7, 11) is 0. The molecule has 0 heterocycles. The van der Waals surface area contributed by atoms with Gasteiger partial charge in [-0.1, -0.05) is 18.2 Å². The molecule has 0 radical (unpaired) electrons. The fraction of sp³-hybridized carbons (Fsp3) is 0.467. The van der Waals surface area contributed by atoms with Gasteiger partial charge < -0.3 is 0 Å². The number of allylic oxidation sites excluding steroid dienone is 5. The first kappa shape index (κ1) is 10.7. The predicted octanol–water partition coefficient (Wildman–Crippen LogP) is 2.76. The second kappa shape index (κ2) is 3.80. The van der Waals surface area contributed by atoms with Crippen molar-refractivity contribution in [1.82, 2.24) is 0 Å². The van der Waals surface area contributed by atoms with Gasteiger partial charge in [-0.2, -0.15) is 0 Å². The molecule has 0 N–H and O–H groups in total. The van der Waals surface area contributed by atoms with E-state index >= 15 is 0 Å². The minimum atomic E-state index is 0.0491. The molecule has 0 bridgehead atoms. The predicted molar refractivity (Wildman–Crippen MR) is 65.4 cm³/mol. The summed E-state index contributed by atoms with van der Waals surface area (Å²) in [4.78, 5) is 24.0. The molecule has 2 atom stereocenters. The van der Waals surface area contributed by atoms with Crippen molar-refractivity contribution in [3.05, 3.63) is 35.5 Å². The van der Waals surface area contributed by atoms with E-state index in [2.05, 4.69) is 6.58 Å². The Morgan fingerprint density at radius 1 is 1.18 bits per heavy atom. The van der Waals surface area contributed by atoms with Crippen molar-refractivity contribution in [3.63, 3.8) is 0 Å². The number of fused-ring (bicyclic) bond motifs is 2. The summed E-state index contributed by atoms with van der Waals surface area (Å²) < 4.78 is 0. The third kappa shape index (κ3) is 1.54. The lowest BCUT2D eigenvalue weighted by molar-refractivity contribution is -0.115. The van der Waals surface area contributed by atoms with Crippen LogP contribution in [0.2, 0.25) is 0 Å². The summed E-state index contributed by atoms with van der Waals surface area (Å²) in [6, 6.07) is 0. The van der Waals surface area contributed by atoms with E-state index in [9.17, 15) is 9.59 Å². The molecule has 0 amide bonds. The van der Waals surface area contributed by atoms with E-state index in [1.165, 1.54) is 0 Å². The molecular weight excluding hydrogens is 212 g/mol. The van der Waals surface area contributed by atoms with E-state index < -0.39 is 0 Å². The highest BCUT2D eigenvalue weighted by Crippen LogP contribution is 2.45. The highest BCUT2D eigenvalue weighted by atomic mass is 16.1. The van der Waals surface area contributed by atoms with Gasteiger partial charge in [0.2, 0.25) is 0 Å². The van der Waals surface area contributed by atoms with Crippen LogP contribution < -0.4 is 0 Å². The first-order chi connectivity index (χ1) is 8.18.